The molecular weight excluding hydrogens is 234 g/mol. The minimum Gasteiger partial charge on any atom is -0.481 e. The third-order valence-electron chi connectivity index (χ3n) is 3.52. The van der Waals surface area contributed by atoms with Crippen LogP contribution in [0.1, 0.15) is 29.4 Å². The van der Waals surface area contributed by atoms with Gasteiger partial charge in [0.15, 0.2) is 0 Å². The molecule has 1 fully saturated rings. The van der Waals surface area contributed by atoms with E-state index in [1.807, 2.05) is 0 Å². The number of carboxylic acid groups (broad SMARTS) is 1. The van der Waals surface area contributed by atoms with Gasteiger partial charge in [0.1, 0.15) is 0 Å². The third kappa shape index (κ3) is 1.98. The minimum atomic E-state index is -0.847. The van der Waals surface area contributed by atoms with E-state index in [-0.39, 0.29) is 12.5 Å². The summed E-state index contributed by atoms with van der Waals surface area (Å²) in [6.45, 7) is 4.20. The highest BCUT2D eigenvalue weighted by Gasteiger charge is 2.42. The van der Waals surface area contributed by atoms with E-state index in [0.29, 0.717) is 24.2 Å². The van der Waals surface area contributed by atoms with Crippen molar-refractivity contribution in [2.24, 2.45) is 12.5 Å². The van der Waals surface area contributed by atoms with Crippen LogP contribution in [0, 0.1) is 12.3 Å². The number of amides is 1. The number of carboxylic acids is 1. The third-order valence-corrected chi connectivity index (χ3v) is 3.52. The molecule has 2 rings (SSSR count). The number of rotatable bonds is 2. The van der Waals surface area contributed by atoms with Gasteiger partial charge in [0.25, 0.3) is 5.91 Å². The van der Waals surface area contributed by atoms with Crippen LogP contribution in [0.2, 0.25) is 0 Å². The lowest BCUT2D eigenvalue weighted by atomic mass is 9.90. The highest BCUT2D eigenvalue weighted by atomic mass is 16.4. The van der Waals surface area contributed by atoms with Gasteiger partial charge in [-0.05, 0) is 20.3 Å². The Labute approximate surface area is 105 Å². The van der Waals surface area contributed by atoms with Crippen LogP contribution in [-0.4, -0.2) is 44.8 Å². The van der Waals surface area contributed by atoms with E-state index in [0.717, 1.165) is 0 Å². The lowest BCUT2D eigenvalue weighted by molar-refractivity contribution is -0.147. The van der Waals surface area contributed by atoms with Crippen molar-refractivity contribution >= 4 is 11.9 Å². The number of likely N-dealkylation sites (tertiary alicyclic amines) is 1. The predicted molar refractivity (Wildman–Crippen MR) is 64.2 cm³/mol. The summed E-state index contributed by atoms with van der Waals surface area (Å²) in [5, 5.41) is 13.3. The first kappa shape index (κ1) is 12.6. The standard InChI is InChI=1S/C12H17N3O3/c1-8-9(6-14(3)13-8)10(16)15-5-4-12(2,7-15)11(17)18/h6H,4-5,7H2,1-3H3,(H,17,18). The average molecular weight is 251 g/mol. The largest absolute Gasteiger partial charge is 0.481 e. The molecule has 2 heterocycles. The lowest BCUT2D eigenvalue weighted by Gasteiger charge is -2.19. The Hall–Kier alpha value is -1.85. The molecule has 6 nitrogen and oxygen atoms in total. The van der Waals surface area contributed by atoms with E-state index in [2.05, 4.69) is 5.10 Å². The second kappa shape index (κ2) is 4.12. The molecule has 1 aliphatic rings. The zero-order valence-corrected chi connectivity index (χ0v) is 10.8. The first-order valence-electron chi connectivity index (χ1n) is 5.86. The van der Waals surface area contributed by atoms with E-state index < -0.39 is 11.4 Å². The first-order valence-corrected chi connectivity index (χ1v) is 5.86. The van der Waals surface area contributed by atoms with Crippen molar-refractivity contribution in [1.29, 1.82) is 0 Å². The normalized spacial score (nSPS) is 23.4. The number of carbonyl (C=O) groups excluding carboxylic acids is 1. The minimum absolute atomic E-state index is 0.134. The zero-order chi connectivity index (χ0) is 13.5. The average Bonchev–Trinajstić information content (AvgIpc) is 2.82. The number of aryl methyl sites for hydroxylation is 2. The molecule has 1 N–H and O–H groups in total. The van der Waals surface area contributed by atoms with Crippen LogP contribution in [0.3, 0.4) is 0 Å². The molecule has 0 saturated carbocycles. The molecule has 1 aliphatic heterocycles. The summed E-state index contributed by atoms with van der Waals surface area (Å²) in [4.78, 5) is 25.0. The Morgan fingerprint density at radius 2 is 2.17 bits per heavy atom. The number of aliphatic carboxylic acids is 1. The monoisotopic (exact) mass is 251 g/mol. The molecule has 6 heteroatoms. The molecule has 1 unspecified atom stereocenters. The van der Waals surface area contributed by atoms with Gasteiger partial charge in [0, 0.05) is 26.3 Å². The van der Waals surface area contributed by atoms with Crippen molar-refractivity contribution in [3.8, 4) is 0 Å². The van der Waals surface area contributed by atoms with Crippen molar-refractivity contribution in [2.45, 2.75) is 20.3 Å². The maximum Gasteiger partial charge on any atom is 0.311 e. The van der Waals surface area contributed by atoms with Gasteiger partial charge in [-0.1, -0.05) is 0 Å². The van der Waals surface area contributed by atoms with Gasteiger partial charge in [0.05, 0.1) is 16.7 Å². The van der Waals surface area contributed by atoms with Gasteiger partial charge in [-0.3, -0.25) is 14.3 Å². The summed E-state index contributed by atoms with van der Waals surface area (Å²) in [6.07, 6.45) is 2.17. The zero-order valence-electron chi connectivity index (χ0n) is 10.8. The fraction of sp³-hybridized carbons (Fsp3) is 0.583. The number of aromatic nitrogens is 2. The van der Waals surface area contributed by atoms with Crippen molar-refractivity contribution in [3.63, 3.8) is 0 Å². The molecule has 1 aromatic rings. The predicted octanol–water partition coefficient (Wildman–Crippen LogP) is 0.665. The SMILES string of the molecule is Cc1nn(C)cc1C(=O)N1CCC(C)(C(=O)O)C1. The molecule has 98 valence electrons. The van der Waals surface area contributed by atoms with Gasteiger partial charge >= 0.3 is 5.97 Å². The molecule has 0 aliphatic carbocycles. The van der Waals surface area contributed by atoms with Gasteiger partial charge < -0.3 is 10.0 Å². The Balaban J connectivity index is 2.18. The summed E-state index contributed by atoms with van der Waals surface area (Å²) in [5.74, 6) is -0.980. The van der Waals surface area contributed by atoms with E-state index in [9.17, 15) is 9.59 Å². The topological polar surface area (TPSA) is 75.4 Å². The van der Waals surface area contributed by atoms with Crippen LogP contribution in [0.4, 0.5) is 0 Å². The summed E-state index contributed by atoms with van der Waals surface area (Å²) in [5.41, 5.74) is 0.393. The van der Waals surface area contributed by atoms with E-state index >= 15 is 0 Å². The van der Waals surface area contributed by atoms with Crippen LogP contribution in [-0.2, 0) is 11.8 Å². The molecule has 0 aromatic carbocycles. The van der Waals surface area contributed by atoms with Crippen molar-refractivity contribution in [3.05, 3.63) is 17.5 Å². The lowest BCUT2D eigenvalue weighted by Crippen LogP contribution is -2.35. The Morgan fingerprint density at radius 3 is 2.61 bits per heavy atom. The van der Waals surface area contributed by atoms with Gasteiger partial charge in [-0.2, -0.15) is 5.10 Å². The Bertz CT molecular complexity index is 509. The fourth-order valence-corrected chi connectivity index (χ4v) is 2.29. The number of nitrogens with zero attached hydrogens (tertiary/aromatic N) is 3. The van der Waals surface area contributed by atoms with E-state index in [4.69, 9.17) is 5.11 Å². The summed E-state index contributed by atoms with van der Waals surface area (Å²) >= 11 is 0. The number of hydrogen-bond donors (Lipinski definition) is 1. The van der Waals surface area contributed by atoms with Crippen LogP contribution >= 0.6 is 0 Å². The number of carbonyl (C=O) groups is 2. The molecule has 0 bridgehead atoms. The fourth-order valence-electron chi connectivity index (χ4n) is 2.29. The second-order valence-corrected chi connectivity index (χ2v) is 5.14. The number of hydrogen-bond acceptors (Lipinski definition) is 3. The summed E-state index contributed by atoms with van der Waals surface area (Å²) in [6, 6.07) is 0. The highest BCUT2D eigenvalue weighted by molar-refractivity contribution is 5.95. The molecule has 18 heavy (non-hydrogen) atoms. The molecule has 1 amide bonds. The van der Waals surface area contributed by atoms with E-state index in [1.54, 1.807) is 36.7 Å². The van der Waals surface area contributed by atoms with Crippen LogP contribution in [0.15, 0.2) is 6.20 Å². The van der Waals surface area contributed by atoms with Crippen molar-refractivity contribution < 1.29 is 14.7 Å². The highest BCUT2D eigenvalue weighted by Crippen LogP contribution is 2.31. The maximum absolute atomic E-state index is 12.3. The molecular formula is C12H17N3O3. The Kier molecular flexibility index (Phi) is 2.88. The molecule has 0 radical (unpaired) electrons. The summed E-state index contributed by atoms with van der Waals surface area (Å²) < 4.78 is 1.59. The van der Waals surface area contributed by atoms with Gasteiger partial charge in [-0.25, -0.2) is 0 Å². The van der Waals surface area contributed by atoms with E-state index in [1.165, 1.54) is 0 Å². The molecule has 0 spiro atoms. The van der Waals surface area contributed by atoms with Crippen LogP contribution in [0.25, 0.3) is 0 Å². The molecule has 1 aromatic heterocycles. The van der Waals surface area contributed by atoms with Crippen LogP contribution in [0.5, 0.6) is 0 Å². The Morgan fingerprint density at radius 1 is 1.50 bits per heavy atom. The smallest absolute Gasteiger partial charge is 0.311 e. The van der Waals surface area contributed by atoms with Gasteiger partial charge in [0.2, 0.25) is 0 Å². The molecule has 1 saturated heterocycles. The summed E-state index contributed by atoms with van der Waals surface area (Å²) in [7, 11) is 1.76. The van der Waals surface area contributed by atoms with Crippen LogP contribution < -0.4 is 0 Å². The van der Waals surface area contributed by atoms with Crippen molar-refractivity contribution in [2.75, 3.05) is 13.1 Å². The first-order chi connectivity index (χ1) is 8.33. The maximum atomic E-state index is 12.3. The molecule has 1 atom stereocenters. The van der Waals surface area contributed by atoms with Gasteiger partial charge in [-0.15, -0.1) is 0 Å². The quantitative estimate of drug-likeness (QED) is 0.838. The van der Waals surface area contributed by atoms with Crippen molar-refractivity contribution in [1.82, 2.24) is 14.7 Å². The second-order valence-electron chi connectivity index (χ2n) is 5.14.